The van der Waals surface area contributed by atoms with Crippen molar-refractivity contribution >= 4 is 29.2 Å². The van der Waals surface area contributed by atoms with Gasteiger partial charge in [-0.3, -0.25) is 9.59 Å². The predicted molar refractivity (Wildman–Crippen MR) is 131 cm³/mol. The van der Waals surface area contributed by atoms with Gasteiger partial charge in [0.15, 0.2) is 5.16 Å². The number of H-pyrrole nitrogens is 1. The molecule has 0 radical (unpaired) electrons. The lowest BCUT2D eigenvalue weighted by Crippen LogP contribution is -2.49. The molecule has 0 aliphatic carbocycles. The maximum atomic E-state index is 14.0. The van der Waals surface area contributed by atoms with E-state index in [9.17, 15) is 19.2 Å². The van der Waals surface area contributed by atoms with Gasteiger partial charge in [0.05, 0.1) is 11.1 Å². The first kappa shape index (κ1) is 22.4. The summed E-state index contributed by atoms with van der Waals surface area (Å²) in [6, 6.07) is 15.3. The molecule has 8 nitrogen and oxygen atoms in total. The summed E-state index contributed by atoms with van der Waals surface area (Å²) in [6.45, 7) is 3.91. The number of nitriles is 1. The van der Waals surface area contributed by atoms with Crippen LogP contribution in [0, 0.1) is 17.1 Å². The molecule has 2 aliphatic heterocycles. The number of amides is 1. The van der Waals surface area contributed by atoms with Gasteiger partial charge < -0.3 is 20.9 Å². The van der Waals surface area contributed by atoms with Crippen molar-refractivity contribution in [2.45, 2.75) is 16.3 Å². The Morgan fingerprint density at radius 3 is 2.71 bits per heavy atom. The number of anilines is 2. The number of halogens is 1. The maximum Gasteiger partial charge on any atom is 0.258 e. The van der Waals surface area contributed by atoms with E-state index in [-0.39, 0.29) is 46.0 Å². The summed E-state index contributed by atoms with van der Waals surface area (Å²) < 4.78 is 14.0. The van der Waals surface area contributed by atoms with Crippen LogP contribution < -0.4 is 21.5 Å². The lowest BCUT2D eigenvalue weighted by atomic mass is 9.69. The summed E-state index contributed by atoms with van der Waals surface area (Å²) in [5.74, 6) is -0.612. The third kappa shape index (κ3) is 3.24. The van der Waals surface area contributed by atoms with Gasteiger partial charge in [-0.2, -0.15) is 5.26 Å². The van der Waals surface area contributed by atoms with E-state index < -0.39 is 16.9 Å². The molecule has 0 bridgehead atoms. The van der Waals surface area contributed by atoms with E-state index in [1.807, 2.05) is 6.07 Å². The number of nitrogens with one attached hydrogen (secondary N) is 2. The van der Waals surface area contributed by atoms with Crippen LogP contribution in [-0.2, 0) is 16.0 Å². The van der Waals surface area contributed by atoms with Crippen molar-refractivity contribution in [1.82, 2.24) is 9.97 Å². The number of hydrogen-bond donors (Lipinski definition) is 3. The molecule has 10 heteroatoms. The minimum atomic E-state index is -1.76. The number of rotatable bonds is 5. The number of nitrogens with two attached hydrogens (primary N) is 1. The third-order valence-corrected chi connectivity index (χ3v) is 7.00. The fraction of sp³-hybridized carbons (Fsp3) is 0.120. The molecule has 1 atom stereocenters. The van der Waals surface area contributed by atoms with Crippen LogP contribution in [-0.4, -0.2) is 22.4 Å². The number of carbonyl (C=O) groups is 1. The number of aromatic amines is 1. The Labute approximate surface area is 204 Å². The molecule has 2 aliphatic rings. The number of benzene rings is 2. The third-order valence-electron chi connectivity index (χ3n) is 6.08. The molecule has 1 aromatic heterocycles. The van der Waals surface area contributed by atoms with Gasteiger partial charge in [0.2, 0.25) is 5.91 Å². The minimum Gasteiger partial charge on any atom is -0.384 e. The van der Waals surface area contributed by atoms with Gasteiger partial charge in [0.25, 0.3) is 5.56 Å². The zero-order chi connectivity index (χ0) is 24.7. The molecule has 174 valence electrons. The van der Waals surface area contributed by atoms with E-state index >= 15 is 0 Å². The highest BCUT2D eigenvalue weighted by Gasteiger charge is 2.59. The summed E-state index contributed by atoms with van der Waals surface area (Å²) in [7, 11) is 0. The van der Waals surface area contributed by atoms with Crippen LogP contribution in [0.2, 0.25) is 0 Å². The summed E-state index contributed by atoms with van der Waals surface area (Å²) in [5, 5.41) is 13.1. The molecule has 5 rings (SSSR count). The molecule has 0 fully saturated rings. The van der Waals surface area contributed by atoms with Crippen LogP contribution in [0.5, 0.6) is 0 Å². The first-order chi connectivity index (χ1) is 16.9. The standard InChI is InChI=1S/C25H19FN6O2S/c1-2-11-32-18-10-6-4-8-15(18)25(23(32)34)16(12-27)20(28)29-21-19(25)22(33)31-24(30-21)35-13-14-7-3-5-9-17(14)26/h2-10H,1,11,13,28H2,(H2,29,30,31,33). The highest BCUT2D eigenvalue weighted by molar-refractivity contribution is 7.98. The van der Waals surface area contributed by atoms with Crippen molar-refractivity contribution in [2.75, 3.05) is 16.8 Å². The molecular weight excluding hydrogens is 467 g/mol. The fourth-order valence-electron chi connectivity index (χ4n) is 4.63. The average molecular weight is 487 g/mol. The van der Waals surface area contributed by atoms with Crippen LogP contribution in [0.4, 0.5) is 15.9 Å². The number of hydrogen-bond acceptors (Lipinski definition) is 7. The van der Waals surface area contributed by atoms with Crippen molar-refractivity contribution in [1.29, 1.82) is 5.26 Å². The summed E-state index contributed by atoms with van der Waals surface area (Å²) in [4.78, 5) is 36.2. The molecule has 0 saturated carbocycles. The monoisotopic (exact) mass is 486 g/mol. The van der Waals surface area contributed by atoms with Gasteiger partial charge in [-0.05, 0) is 17.7 Å². The number of nitrogens with zero attached hydrogens (tertiary/aromatic N) is 3. The molecule has 35 heavy (non-hydrogen) atoms. The average Bonchev–Trinajstić information content (AvgIpc) is 3.07. The first-order valence-corrected chi connectivity index (χ1v) is 11.6. The summed E-state index contributed by atoms with van der Waals surface area (Å²) in [6.07, 6.45) is 1.57. The number of para-hydroxylation sites is 1. The van der Waals surface area contributed by atoms with E-state index in [0.717, 1.165) is 11.8 Å². The summed E-state index contributed by atoms with van der Waals surface area (Å²) in [5.41, 5.74) is 5.27. The van der Waals surface area contributed by atoms with Gasteiger partial charge in [-0.15, -0.1) is 6.58 Å². The highest BCUT2D eigenvalue weighted by atomic mass is 32.2. The van der Waals surface area contributed by atoms with Crippen molar-refractivity contribution in [3.05, 3.63) is 105 Å². The molecule has 1 spiro atoms. The van der Waals surface area contributed by atoms with Crippen LogP contribution in [0.15, 0.2) is 82.5 Å². The van der Waals surface area contributed by atoms with Crippen molar-refractivity contribution in [2.24, 2.45) is 5.73 Å². The van der Waals surface area contributed by atoms with Gasteiger partial charge in [0.1, 0.15) is 28.9 Å². The summed E-state index contributed by atoms with van der Waals surface area (Å²) >= 11 is 1.13. The second kappa shape index (κ2) is 8.45. The molecule has 4 N–H and O–H groups in total. The quantitative estimate of drug-likeness (QED) is 0.287. The van der Waals surface area contributed by atoms with Gasteiger partial charge in [-0.25, -0.2) is 9.37 Å². The normalized spacial score (nSPS) is 18.2. The highest BCUT2D eigenvalue weighted by Crippen LogP contribution is 2.53. The Morgan fingerprint density at radius 2 is 1.97 bits per heavy atom. The van der Waals surface area contributed by atoms with Crippen molar-refractivity contribution in [3.63, 3.8) is 0 Å². The second-order valence-electron chi connectivity index (χ2n) is 7.97. The zero-order valence-electron chi connectivity index (χ0n) is 18.3. The first-order valence-electron chi connectivity index (χ1n) is 10.6. The molecule has 2 aromatic carbocycles. The molecule has 1 amide bonds. The van der Waals surface area contributed by atoms with Gasteiger partial charge >= 0.3 is 0 Å². The van der Waals surface area contributed by atoms with E-state index in [1.165, 1.54) is 11.0 Å². The van der Waals surface area contributed by atoms with Gasteiger partial charge in [-0.1, -0.05) is 54.2 Å². The topological polar surface area (TPSA) is 128 Å². The van der Waals surface area contributed by atoms with E-state index in [1.54, 1.807) is 48.5 Å². The number of thioether (sulfide) groups is 1. The molecule has 0 saturated heterocycles. The zero-order valence-corrected chi connectivity index (χ0v) is 19.2. The minimum absolute atomic E-state index is 0.0116. The number of aromatic nitrogens is 2. The largest absolute Gasteiger partial charge is 0.384 e. The fourth-order valence-corrected chi connectivity index (χ4v) is 5.48. The molecular formula is C25H19FN6O2S. The Balaban J connectivity index is 1.69. The number of fused-ring (bicyclic) bond motifs is 4. The molecule has 3 aromatic rings. The molecule has 1 unspecified atom stereocenters. The molecule has 3 heterocycles. The van der Waals surface area contributed by atoms with E-state index in [4.69, 9.17) is 5.73 Å². The number of carbonyl (C=O) groups excluding carboxylic acids is 1. The second-order valence-corrected chi connectivity index (χ2v) is 8.94. The Hall–Kier alpha value is -4.36. The SMILES string of the molecule is C=CCN1C(=O)C2(C(C#N)=C(N)Nc3nc(SCc4ccccc4F)[nH]c(=O)c32)c2ccccc21. The lowest BCUT2D eigenvalue weighted by molar-refractivity contribution is -0.120. The predicted octanol–water partition coefficient (Wildman–Crippen LogP) is 3.14. The van der Waals surface area contributed by atoms with Gasteiger partial charge in [0, 0.05) is 23.5 Å². The Bertz CT molecular complexity index is 1520. The van der Waals surface area contributed by atoms with Crippen molar-refractivity contribution in [3.8, 4) is 6.07 Å². The Kier molecular flexibility index (Phi) is 5.42. The van der Waals surface area contributed by atoms with E-state index in [2.05, 4.69) is 21.9 Å². The van der Waals surface area contributed by atoms with Crippen LogP contribution in [0.1, 0.15) is 16.7 Å². The maximum absolute atomic E-state index is 14.0. The van der Waals surface area contributed by atoms with Crippen molar-refractivity contribution < 1.29 is 9.18 Å². The van der Waals surface area contributed by atoms with Crippen LogP contribution >= 0.6 is 11.8 Å². The smallest absolute Gasteiger partial charge is 0.258 e. The Morgan fingerprint density at radius 1 is 1.23 bits per heavy atom. The lowest BCUT2D eigenvalue weighted by Gasteiger charge is -2.34. The van der Waals surface area contributed by atoms with Crippen LogP contribution in [0.3, 0.4) is 0 Å². The van der Waals surface area contributed by atoms with E-state index in [0.29, 0.717) is 16.8 Å². The van der Waals surface area contributed by atoms with Crippen LogP contribution in [0.25, 0.3) is 0 Å².